The molecule has 2 aromatic heterocycles. The second kappa shape index (κ2) is 9.39. The lowest BCUT2D eigenvalue weighted by Crippen LogP contribution is -2.27. The van der Waals surface area contributed by atoms with Gasteiger partial charge >= 0.3 is 0 Å². The summed E-state index contributed by atoms with van der Waals surface area (Å²) in [7, 11) is 0. The molecule has 3 aromatic rings. The lowest BCUT2D eigenvalue weighted by molar-refractivity contribution is -0.120. The zero-order valence-corrected chi connectivity index (χ0v) is 17.5. The summed E-state index contributed by atoms with van der Waals surface area (Å²) in [5.74, 6) is 3.07. The highest BCUT2D eigenvalue weighted by Gasteiger charge is 2.14. The molecule has 0 unspecified atom stereocenters. The van der Waals surface area contributed by atoms with Gasteiger partial charge < -0.3 is 9.73 Å². The Morgan fingerprint density at radius 1 is 1.27 bits per heavy atom. The van der Waals surface area contributed by atoms with Crippen molar-refractivity contribution in [3.63, 3.8) is 0 Å². The third-order valence-electron chi connectivity index (χ3n) is 3.68. The van der Waals surface area contributed by atoms with Crippen molar-refractivity contribution in [1.82, 2.24) is 10.3 Å². The van der Waals surface area contributed by atoms with Gasteiger partial charge in [0.1, 0.15) is 5.76 Å². The van der Waals surface area contributed by atoms with Gasteiger partial charge in [-0.3, -0.25) is 4.79 Å². The molecule has 0 saturated heterocycles. The molecule has 1 aromatic carbocycles. The number of hydrogen-bond donors (Lipinski definition) is 1. The Morgan fingerprint density at radius 3 is 2.81 bits per heavy atom. The molecule has 0 aliphatic rings. The second-order valence-corrected chi connectivity index (χ2v) is 9.33. The van der Waals surface area contributed by atoms with E-state index >= 15 is 0 Å². The number of halogens is 1. The van der Waals surface area contributed by atoms with Gasteiger partial charge in [0.15, 0.2) is 0 Å². The van der Waals surface area contributed by atoms with Gasteiger partial charge in [-0.15, -0.1) is 11.3 Å². The van der Waals surface area contributed by atoms with Crippen LogP contribution in [0.5, 0.6) is 0 Å². The quantitative estimate of drug-likeness (QED) is 0.486. The van der Waals surface area contributed by atoms with Crippen molar-refractivity contribution in [2.75, 3.05) is 12.3 Å². The number of oxazole rings is 1. The molecule has 26 heavy (non-hydrogen) atoms. The van der Waals surface area contributed by atoms with E-state index in [4.69, 9.17) is 4.42 Å². The Kier molecular flexibility index (Phi) is 6.93. The maximum Gasteiger partial charge on any atom is 0.226 e. The second-order valence-electron chi connectivity index (χ2n) is 5.67. The van der Waals surface area contributed by atoms with Gasteiger partial charge in [0, 0.05) is 28.5 Å². The summed E-state index contributed by atoms with van der Waals surface area (Å²) >= 11 is 7.03. The van der Waals surface area contributed by atoms with Crippen LogP contribution in [0.2, 0.25) is 0 Å². The standard InChI is InChI=1S/C19H19BrN2O2S2/c1-13-16(22-19(24-13)14-5-3-2-4-6-14)11-18(23)21-9-10-25-12-15-7-8-17(20)26-15/h2-8H,9-12H2,1H3,(H,21,23). The largest absolute Gasteiger partial charge is 0.441 e. The molecule has 136 valence electrons. The normalized spacial score (nSPS) is 10.8. The average Bonchev–Trinajstić information content (AvgIpc) is 3.21. The van der Waals surface area contributed by atoms with Gasteiger partial charge in [-0.05, 0) is 47.1 Å². The van der Waals surface area contributed by atoms with Crippen molar-refractivity contribution in [1.29, 1.82) is 0 Å². The Labute approximate surface area is 169 Å². The number of carbonyl (C=O) groups excluding carboxylic acids is 1. The lowest BCUT2D eigenvalue weighted by atomic mass is 10.2. The number of thioether (sulfide) groups is 1. The molecule has 2 heterocycles. The van der Waals surface area contributed by atoms with Crippen molar-refractivity contribution < 1.29 is 9.21 Å². The SMILES string of the molecule is Cc1oc(-c2ccccc2)nc1CC(=O)NCCSCc1ccc(Br)s1. The molecule has 3 rings (SSSR count). The fourth-order valence-corrected chi connectivity index (χ4v) is 4.83. The van der Waals surface area contributed by atoms with Crippen LogP contribution in [0.4, 0.5) is 0 Å². The first-order valence-corrected chi connectivity index (χ1v) is 11.0. The maximum absolute atomic E-state index is 12.1. The van der Waals surface area contributed by atoms with Gasteiger partial charge in [0.05, 0.1) is 15.9 Å². The Hall–Kier alpha value is -1.57. The monoisotopic (exact) mass is 450 g/mol. The van der Waals surface area contributed by atoms with Crippen molar-refractivity contribution in [3.05, 3.63) is 62.6 Å². The molecule has 4 nitrogen and oxygen atoms in total. The molecule has 0 radical (unpaired) electrons. The molecule has 0 bridgehead atoms. The molecule has 0 saturated carbocycles. The topological polar surface area (TPSA) is 55.1 Å². The van der Waals surface area contributed by atoms with E-state index in [2.05, 4.69) is 38.4 Å². The van der Waals surface area contributed by atoms with Gasteiger partial charge in [0.2, 0.25) is 11.8 Å². The molecular weight excluding hydrogens is 432 g/mol. The lowest BCUT2D eigenvalue weighted by Gasteiger charge is -2.04. The molecule has 1 amide bonds. The van der Waals surface area contributed by atoms with Crippen LogP contribution in [0.25, 0.3) is 11.5 Å². The summed E-state index contributed by atoms with van der Waals surface area (Å²) in [4.78, 5) is 17.9. The molecular formula is C19H19BrN2O2S2. The Morgan fingerprint density at radius 2 is 2.08 bits per heavy atom. The third-order valence-corrected chi connectivity index (χ3v) is 6.50. The number of benzene rings is 1. The number of hydrogen-bond acceptors (Lipinski definition) is 5. The molecule has 7 heteroatoms. The summed E-state index contributed by atoms with van der Waals surface area (Å²) in [5.41, 5.74) is 1.61. The van der Waals surface area contributed by atoms with E-state index in [0.29, 0.717) is 23.9 Å². The van der Waals surface area contributed by atoms with Gasteiger partial charge in [-0.25, -0.2) is 4.98 Å². The molecule has 0 aliphatic carbocycles. The summed E-state index contributed by atoms with van der Waals surface area (Å²) < 4.78 is 6.85. The summed E-state index contributed by atoms with van der Waals surface area (Å²) in [5, 5.41) is 2.95. The highest BCUT2D eigenvalue weighted by molar-refractivity contribution is 9.11. The number of thiophene rings is 1. The van der Waals surface area contributed by atoms with Crippen LogP contribution in [-0.4, -0.2) is 23.2 Å². The van der Waals surface area contributed by atoms with E-state index in [0.717, 1.165) is 20.9 Å². The van der Waals surface area contributed by atoms with E-state index in [1.165, 1.54) is 4.88 Å². The van der Waals surface area contributed by atoms with Gasteiger partial charge in [-0.2, -0.15) is 11.8 Å². The minimum Gasteiger partial charge on any atom is -0.441 e. The van der Waals surface area contributed by atoms with Crippen LogP contribution in [-0.2, 0) is 17.0 Å². The van der Waals surface area contributed by atoms with Crippen LogP contribution in [0.1, 0.15) is 16.3 Å². The smallest absolute Gasteiger partial charge is 0.226 e. The highest BCUT2D eigenvalue weighted by atomic mass is 79.9. The number of nitrogens with zero attached hydrogens (tertiary/aromatic N) is 1. The van der Waals surface area contributed by atoms with Crippen molar-refractivity contribution in [2.45, 2.75) is 19.1 Å². The number of carbonyl (C=O) groups is 1. The predicted octanol–water partition coefficient (Wildman–Crippen LogP) is 5.07. The van der Waals surface area contributed by atoms with E-state index in [-0.39, 0.29) is 12.3 Å². The van der Waals surface area contributed by atoms with Crippen LogP contribution < -0.4 is 5.32 Å². The number of aryl methyl sites for hydroxylation is 1. The third kappa shape index (κ3) is 5.46. The first-order valence-electron chi connectivity index (χ1n) is 8.22. The molecule has 0 fully saturated rings. The summed E-state index contributed by atoms with van der Waals surface area (Å²) in [6, 6.07) is 13.9. The van der Waals surface area contributed by atoms with Crippen molar-refractivity contribution in [3.8, 4) is 11.5 Å². The van der Waals surface area contributed by atoms with E-state index in [9.17, 15) is 4.79 Å². The van der Waals surface area contributed by atoms with Crippen LogP contribution in [0, 0.1) is 6.92 Å². The first-order chi connectivity index (χ1) is 12.6. The number of aromatic nitrogens is 1. The average molecular weight is 451 g/mol. The maximum atomic E-state index is 12.1. The molecule has 1 N–H and O–H groups in total. The van der Waals surface area contributed by atoms with E-state index < -0.39 is 0 Å². The number of nitrogens with one attached hydrogen (secondary N) is 1. The highest BCUT2D eigenvalue weighted by Crippen LogP contribution is 2.25. The fraction of sp³-hybridized carbons (Fsp3) is 0.263. The van der Waals surface area contributed by atoms with Crippen LogP contribution in [0.3, 0.4) is 0 Å². The number of amides is 1. The predicted molar refractivity (Wildman–Crippen MR) is 112 cm³/mol. The number of rotatable bonds is 8. The Bertz CT molecular complexity index is 862. The van der Waals surface area contributed by atoms with Crippen molar-refractivity contribution >= 4 is 44.9 Å². The van der Waals surface area contributed by atoms with E-state index in [1.54, 1.807) is 11.3 Å². The van der Waals surface area contributed by atoms with Crippen LogP contribution >= 0.6 is 39.0 Å². The summed E-state index contributed by atoms with van der Waals surface area (Å²) in [6.07, 6.45) is 0.241. The van der Waals surface area contributed by atoms with Crippen molar-refractivity contribution in [2.24, 2.45) is 0 Å². The summed E-state index contributed by atoms with van der Waals surface area (Å²) in [6.45, 7) is 2.50. The minimum atomic E-state index is -0.0273. The first kappa shape index (κ1) is 19.2. The fourth-order valence-electron chi connectivity index (χ4n) is 2.38. The molecule has 0 atom stereocenters. The zero-order valence-electron chi connectivity index (χ0n) is 14.3. The Balaban J connectivity index is 1.43. The molecule has 0 aliphatic heterocycles. The zero-order chi connectivity index (χ0) is 18.4. The van der Waals surface area contributed by atoms with Gasteiger partial charge in [-0.1, -0.05) is 18.2 Å². The van der Waals surface area contributed by atoms with E-state index in [1.807, 2.05) is 49.0 Å². The minimum absolute atomic E-state index is 0.0273. The molecule has 0 spiro atoms. The van der Waals surface area contributed by atoms with Crippen LogP contribution in [0.15, 0.2) is 50.7 Å². The van der Waals surface area contributed by atoms with Gasteiger partial charge in [0.25, 0.3) is 0 Å².